The fraction of sp³-hybridized carbons (Fsp3) is 0.111. The van der Waals surface area contributed by atoms with E-state index in [-0.39, 0.29) is 0 Å². The molecular weight excluding hydrogens is 803 g/mol. The molecule has 0 saturated carbocycles. The van der Waals surface area contributed by atoms with Crippen molar-refractivity contribution < 1.29 is 19.3 Å². The summed E-state index contributed by atoms with van der Waals surface area (Å²) in [6.45, 7) is 0. The third-order valence-electron chi connectivity index (χ3n) is 11.3. The highest BCUT2D eigenvalue weighted by Crippen LogP contribution is 2.55. The Balaban J connectivity index is 0.000000186. The van der Waals surface area contributed by atoms with E-state index in [0.29, 0.717) is 0 Å². The normalized spacial score (nSPS) is 13.6. The number of hydrogen-bond donors (Lipinski definition) is 2. The minimum absolute atomic E-state index is 0.505. The topological polar surface area (TPSA) is 81.1 Å². The Labute approximate surface area is 366 Å². The monoisotopic (exact) mass is 854 g/mol. The molecule has 0 saturated heterocycles. The van der Waals surface area contributed by atoms with Crippen LogP contribution in [0.25, 0.3) is 0 Å². The van der Waals surface area contributed by atoms with Crippen molar-refractivity contribution in [3.05, 3.63) is 265 Å². The highest BCUT2D eigenvalue weighted by molar-refractivity contribution is 7.77. The summed E-state index contributed by atoms with van der Waals surface area (Å²) in [5, 5.41) is 26.0. The predicted molar refractivity (Wildman–Crippen MR) is 256 cm³/mol. The zero-order valence-corrected chi connectivity index (χ0v) is 36.7. The first-order chi connectivity index (χ1) is 30.2. The minimum Gasteiger partial charge on any atom is -0.386 e. The standard InChI is InChI=1S/2C27H26NO2P/c2*1-28(31(30,24-18-10-4-11-19-24)25-20-12-5-13-21-25)26(22-14-6-2-7-15-22)27(29)23-16-8-3-9-17-23/h2*2-21,26-27,29H,1H3/t2*26-,27+/m11/s1. The molecule has 0 aromatic heterocycles. The van der Waals surface area contributed by atoms with Gasteiger partial charge in [-0.25, -0.2) is 9.34 Å². The molecule has 0 amide bonds. The van der Waals surface area contributed by atoms with Gasteiger partial charge in [-0.3, -0.25) is 9.13 Å². The maximum absolute atomic E-state index is 14.9. The Morgan fingerprint density at radius 2 is 0.484 bits per heavy atom. The lowest BCUT2D eigenvalue weighted by atomic mass is 9.96. The summed E-state index contributed by atoms with van der Waals surface area (Å²) in [7, 11) is -2.77. The maximum atomic E-state index is 14.9. The van der Waals surface area contributed by atoms with E-state index in [0.717, 1.165) is 43.5 Å². The van der Waals surface area contributed by atoms with Gasteiger partial charge in [0.25, 0.3) is 0 Å². The number of benzene rings is 8. The molecule has 62 heavy (non-hydrogen) atoms. The number of aliphatic hydroxyl groups excluding tert-OH is 2. The van der Waals surface area contributed by atoms with Gasteiger partial charge in [-0.05, 0) is 84.9 Å². The number of likely N-dealkylation sites (N-methyl/N-ethyl adjacent to an activating group) is 2. The van der Waals surface area contributed by atoms with E-state index < -0.39 is 38.9 Å². The van der Waals surface area contributed by atoms with E-state index >= 15 is 0 Å². The van der Waals surface area contributed by atoms with Crippen LogP contribution in [0.3, 0.4) is 0 Å². The second kappa shape index (κ2) is 20.8. The highest BCUT2D eigenvalue weighted by Gasteiger charge is 2.41. The number of aliphatic hydroxyl groups is 2. The molecule has 0 aliphatic heterocycles. The summed E-state index contributed by atoms with van der Waals surface area (Å²) in [6, 6.07) is 75.9. The molecule has 8 rings (SSSR count). The average Bonchev–Trinajstić information content (AvgIpc) is 3.36. The third kappa shape index (κ3) is 9.58. The third-order valence-corrected chi connectivity index (χ3v) is 17.5. The molecule has 0 unspecified atom stereocenters. The summed E-state index contributed by atoms with van der Waals surface area (Å²) in [5.74, 6) is 0. The van der Waals surface area contributed by atoms with E-state index in [2.05, 4.69) is 0 Å². The van der Waals surface area contributed by atoms with Crippen LogP contribution in [0.15, 0.2) is 243 Å². The second-order valence-electron chi connectivity index (χ2n) is 15.1. The summed E-state index contributed by atoms with van der Waals surface area (Å²) < 4.78 is 33.5. The molecule has 8 aromatic rings. The van der Waals surface area contributed by atoms with Gasteiger partial charge >= 0.3 is 0 Å². The first kappa shape index (κ1) is 44.1. The van der Waals surface area contributed by atoms with Crippen LogP contribution in [0.5, 0.6) is 0 Å². The van der Waals surface area contributed by atoms with Gasteiger partial charge in [-0.15, -0.1) is 0 Å². The van der Waals surface area contributed by atoms with Crippen molar-refractivity contribution in [3.8, 4) is 0 Å². The molecule has 0 aliphatic rings. The van der Waals surface area contributed by atoms with Gasteiger partial charge in [0.05, 0.1) is 24.3 Å². The smallest absolute Gasteiger partial charge is 0.207 e. The quantitative estimate of drug-likeness (QED) is 0.106. The molecule has 312 valence electrons. The van der Waals surface area contributed by atoms with Gasteiger partial charge in [-0.2, -0.15) is 0 Å². The molecule has 6 nitrogen and oxygen atoms in total. The zero-order valence-electron chi connectivity index (χ0n) is 34.9. The number of nitrogens with zero attached hydrogens (tertiary/aromatic N) is 2. The van der Waals surface area contributed by atoms with Crippen LogP contribution in [0, 0.1) is 0 Å². The molecule has 0 aliphatic carbocycles. The minimum atomic E-state index is -3.24. The molecule has 0 fully saturated rings. The molecule has 0 spiro atoms. The first-order valence-electron chi connectivity index (χ1n) is 20.7. The Morgan fingerprint density at radius 3 is 0.694 bits per heavy atom. The van der Waals surface area contributed by atoms with Crippen molar-refractivity contribution in [2.24, 2.45) is 0 Å². The van der Waals surface area contributed by atoms with Crippen LogP contribution in [0.1, 0.15) is 46.5 Å². The molecular formula is C54H52N2O4P2. The van der Waals surface area contributed by atoms with Crippen molar-refractivity contribution in [1.29, 1.82) is 0 Å². The summed E-state index contributed by atoms with van der Waals surface area (Å²) >= 11 is 0. The Morgan fingerprint density at radius 1 is 0.306 bits per heavy atom. The second-order valence-corrected chi connectivity index (χ2v) is 20.7. The largest absolute Gasteiger partial charge is 0.386 e. The highest BCUT2D eigenvalue weighted by atomic mass is 31.2. The lowest BCUT2D eigenvalue weighted by Gasteiger charge is -2.38. The zero-order chi connectivity index (χ0) is 43.4. The summed E-state index contributed by atoms with van der Waals surface area (Å²) in [6.07, 6.45) is -1.70. The van der Waals surface area contributed by atoms with Gasteiger partial charge < -0.3 is 10.2 Å². The van der Waals surface area contributed by atoms with Gasteiger partial charge in [0.15, 0.2) is 0 Å². The lowest BCUT2D eigenvalue weighted by Crippen LogP contribution is -2.35. The summed E-state index contributed by atoms with van der Waals surface area (Å²) in [5.41, 5.74) is 3.40. The van der Waals surface area contributed by atoms with Crippen molar-refractivity contribution in [3.63, 3.8) is 0 Å². The van der Waals surface area contributed by atoms with Crippen LogP contribution in [-0.4, -0.2) is 33.6 Å². The van der Waals surface area contributed by atoms with Crippen molar-refractivity contribution >= 4 is 35.8 Å². The van der Waals surface area contributed by atoms with Crippen LogP contribution in [0.2, 0.25) is 0 Å². The van der Waals surface area contributed by atoms with Crippen LogP contribution in [0.4, 0.5) is 0 Å². The van der Waals surface area contributed by atoms with Gasteiger partial charge in [0.1, 0.15) is 0 Å². The van der Waals surface area contributed by atoms with Crippen LogP contribution in [-0.2, 0) is 9.13 Å². The Kier molecular flexibility index (Phi) is 14.8. The predicted octanol–water partition coefficient (Wildman–Crippen LogP) is 10.6. The van der Waals surface area contributed by atoms with E-state index in [1.54, 1.807) is 0 Å². The maximum Gasteiger partial charge on any atom is 0.207 e. The van der Waals surface area contributed by atoms with Gasteiger partial charge in [-0.1, -0.05) is 194 Å². The molecule has 0 heterocycles. The fourth-order valence-corrected chi connectivity index (χ4v) is 13.6. The number of rotatable bonds is 14. The molecule has 8 heteroatoms. The van der Waals surface area contributed by atoms with Crippen molar-refractivity contribution in [2.45, 2.75) is 24.3 Å². The van der Waals surface area contributed by atoms with Gasteiger partial charge in [0, 0.05) is 21.2 Å². The molecule has 0 bridgehead atoms. The molecule has 8 aromatic carbocycles. The summed E-state index contributed by atoms with van der Waals surface area (Å²) in [4.78, 5) is 0. The average molecular weight is 855 g/mol. The molecule has 0 radical (unpaired) electrons. The van der Waals surface area contributed by atoms with E-state index in [1.165, 1.54) is 0 Å². The SMILES string of the molecule is CN([C@H](c1ccccc1)[C@@H](O)c1ccccc1)P(=O)(c1ccccc1)c1ccccc1.CN([C@H](c1ccccc1)[C@@H](O)c1ccccc1)P(=O)(c1ccccc1)c1ccccc1. The van der Waals surface area contributed by atoms with Crippen molar-refractivity contribution in [1.82, 2.24) is 9.34 Å². The Hall–Kier alpha value is -5.94. The first-order valence-corrected chi connectivity index (χ1v) is 24.0. The van der Waals surface area contributed by atoms with E-state index in [1.807, 2.05) is 266 Å². The van der Waals surface area contributed by atoms with Crippen molar-refractivity contribution in [2.75, 3.05) is 14.1 Å². The molecule has 4 atom stereocenters. The fourth-order valence-electron chi connectivity index (χ4n) is 8.07. The van der Waals surface area contributed by atoms with Crippen LogP contribution >= 0.6 is 14.6 Å². The van der Waals surface area contributed by atoms with E-state index in [4.69, 9.17) is 0 Å². The lowest BCUT2D eigenvalue weighted by molar-refractivity contribution is 0.0986. The Bertz CT molecular complexity index is 2370. The van der Waals surface area contributed by atoms with Crippen LogP contribution < -0.4 is 21.2 Å². The number of hydrogen-bond acceptors (Lipinski definition) is 4. The molecule has 2 N–H and O–H groups in total. The van der Waals surface area contributed by atoms with Gasteiger partial charge in [0.2, 0.25) is 14.6 Å². The van der Waals surface area contributed by atoms with E-state index in [9.17, 15) is 19.3 Å².